The Balaban J connectivity index is 2.20. The lowest BCUT2D eigenvalue weighted by molar-refractivity contribution is -0.127. The Morgan fingerprint density at radius 1 is 1.26 bits per heavy atom. The lowest BCUT2D eigenvalue weighted by Gasteiger charge is -2.26. The Hall–Kier alpha value is -0.710. The van der Waals surface area contributed by atoms with Crippen molar-refractivity contribution < 1.29 is 9.59 Å². The summed E-state index contributed by atoms with van der Waals surface area (Å²) >= 11 is 4.09. The molecule has 2 amide bonds. The van der Waals surface area contributed by atoms with E-state index < -0.39 is 6.04 Å². The number of rotatable bonds is 6. The highest BCUT2D eigenvalue weighted by Crippen LogP contribution is 2.29. The second kappa shape index (κ2) is 8.46. The number of carbonyl (C=O) groups excluding carboxylic acids is 2. The predicted molar refractivity (Wildman–Crippen MR) is 80.2 cm³/mol. The number of hydrogen-bond acceptors (Lipinski definition) is 3. The van der Waals surface area contributed by atoms with Crippen molar-refractivity contribution in [3.05, 3.63) is 0 Å². The predicted octanol–water partition coefficient (Wildman–Crippen LogP) is 1.75. The van der Waals surface area contributed by atoms with E-state index in [4.69, 9.17) is 0 Å². The van der Waals surface area contributed by atoms with Crippen LogP contribution in [0.25, 0.3) is 0 Å². The molecule has 1 unspecified atom stereocenters. The Morgan fingerprint density at radius 2 is 1.89 bits per heavy atom. The monoisotopic (exact) mass is 286 g/mol. The summed E-state index contributed by atoms with van der Waals surface area (Å²) in [6, 6.07) is -0.521. The molecule has 19 heavy (non-hydrogen) atoms. The van der Waals surface area contributed by atoms with Crippen molar-refractivity contribution in [3.63, 3.8) is 0 Å². The first-order chi connectivity index (χ1) is 9.02. The molecule has 2 N–H and O–H groups in total. The van der Waals surface area contributed by atoms with E-state index in [1.165, 1.54) is 32.6 Å². The normalized spacial score (nSPS) is 24.6. The van der Waals surface area contributed by atoms with Crippen molar-refractivity contribution in [1.82, 2.24) is 10.6 Å². The van der Waals surface area contributed by atoms with Gasteiger partial charge in [-0.15, -0.1) is 0 Å². The first-order valence-corrected chi connectivity index (χ1v) is 7.81. The van der Waals surface area contributed by atoms with Gasteiger partial charge in [0.1, 0.15) is 6.04 Å². The zero-order valence-electron chi connectivity index (χ0n) is 11.9. The molecule has 1 saturated carbocycles. The van der Waals surface area contributed by atoms with Crippen LogP contribution in [-0.2, 0) is 9.59 Å². The number of amides is 2. The molecule has 0 bridgehead atoms. The van der Waals surface area contributed by atoms with Gasteiger partial charge < -0.3 is 10.6 Å². The third-order valence-corrected chi connectivity index (χ3v) is 4.23. The van der Waals surface area contributed by atoms with Crippen LogP contribution in [0.3, 0.4) is 0 Å². The summed E-state index contributed by atoms with van der Waals surface area (Å²) < 4.78 is 0. The van der Waals surface area contributed by atoms with Crippen LogP contribution in [0, 0.1) is 11.8 Å². The molecule has 1 atom stereocenters. The van der Waals surface area contributed by atoms with Crippen LogP contribution >= 0.6 is 12.6 Å². The Morgan fingerprint density at radius 3 is 2.42 bits per heavy atom. The van der Waals surface area contributed by atoms with E-state index in [0.29, 0.717) is 12.3 Å². The van der Waals surface area contributed by atoms with Crippen LogP contribution in [0.15, 0.2) is 0 Å². The van der Waals surface area contributed by atoms with Crippen molar-refractivity contribution in [2.45, 2.75) is 52.0 Å². The molecule has 0 spiro atoms. The first kappa shape index (κ1) is 16.3. The van der Waals surface area contributed by atoms with Gasteiger partial charge in [-0.2, -0.15) is 12.6 Å². The van der Waals surface area contributed by atoms with E-state index in [9.17, 15) is 9.59 Å². The van der Waals surface area contributed by atoms with E-state index in [2.05, 4.69) is 30.2 Å². The Bertz CT molecular complexity index is 302. The molecule has 0 heterocycles. The standard InChI is InChI=1S/C14H26N2O2S/c1-10-3-5-12(6-4-10)7-8-15-14(18)13(9-19)16-11(2)17/h10,12-13,19H,3-9H2,1-2H3,(H,15,18)(H,16,17). The molecule has 0 radical (unpaired) electrons. The quantitative estimate of drug-likeness (QED) is 0.652. The summed E-state index contributed by atoms with van der Waals surface area (Å²) in [7, 11) is 0. The third kappa shape index (κ3) is 6.32. The summed E-state index contributed by atoms with van der Waals surface area (Å²) in [6.07, 6.45) is 6.21. The summed E-state index contributed by atoms with van der Waals surface area (Å²) in [6.45, 7) is 4.41. The summed E-state index contributed by atoms with van der Waals surface area (Å²) in [5.74, 6) is 1.60. The van der Waals surface area contributed by atoms with E-state index in [1.54, 1.807) is 0 Å². The maximum absolute atomic E-state index is 11.8. The van der Waals surface area contributed by atoms with Crippen molar-refractivity contribution in [3.8, 4) is 0 Å². The smallest absolute Gasteiger partial charge is 0.243 e. The molecular weight excluding hydrogens is 260 g/mol. The highest BCUT2D eigenvalue weighted by Gasteiger charge is 2.20. The van der Waals surface area contributed by atoms with Crippen LogP contribution in [0.4, 0.5) is 0 Å². The van der Waals surface area contributed by atoms with Gasteiger partial charge >= 0.3 is 0 Å². The van der Waals surface area contributed by atoms with E-state index in [1.807, 2.05) is 0 Å². The fraction of sp³-hybridized carbons (Fsp3) is 0.857. The molecule has 0 aromatic rings. The number of thiol groups is 1. The van der Waals surface area contributed by atoms with Gasteiger partial charge in [-0.3, -0.25) is 9.59 Å². The molecule has 5 heteroatoms. The molecule has 1 aliphatic rings. The molecule has 110 valence electrons. The molecule has 1 aliphatic carbocycles. The van der Waals surface area contributed by atoms with Gasteiger partial charge in [0.2, 0.25) is 11.8 Å². The van der Waals surface area contributed by atoms with Crippen LogP contribution in [0.2, 0.25) is 0 Å². The van der Waals surface area contributed by atoms with Crippen LogP contribution < -0.4 is 10.6 Å². The largest absolute Gasteiger partial charge is 0.354 e. The second-order valence-electron chi connectivity index (χ2n) is 5.64. The highest BCUT2D eigenvalue weighted by molar-refractivity contribution is 7.80. The topological polar surface area (TPSA) is 58.2 Å². The van der Waals surface area contributed by atoms with Gasteiger partial charge in [0.25, 0.3) is 0 Å². The SMILES string of the molecule is CC(=O)NC(CS)C(=O)NCCC1CCC(C)CC1. The maximum atomic E-state index is 11.8. The van der Waals surface area contributed by atoms with Gasteiger partial charge in [0.05, 0.1) is 0 Å². The first-order valence-electron chi connectivity index (χ1n) is 7.18. The zero-order chi connectivity index (χ0) is 14.3. The summed E-state index contributed by atoms with van der Waals surface area (Å²) in [5.41, 5.74) is 0. The molecular formula is C14H26N2O2S. The fourth-order valence-electron chi connectivity index (χ4n) is 2.58. The van der Waals surface area contributed by atoms with Crippen molar-refractivity contribution in [2.75, 3.05) is 12.3 Å². The van der Waals surface area contributed by atoms with Crippen LogP contribution in [-0.4, -0.2) is 30.2 Å². The van der Waals surface area contributed by atoms with E-state index in [-0.39, 0.29) is 11.8 Å². The van der Waals surface area contributed by atoms with Crippen LogP contribution in [0.1, 0.15) is 46.0 Å². The van der Waals surface area contributed by atoms with Gasteiger partial charge in [-0.1, -0.05) is 32.6 Å². The van der Waals surface area contributed by atoms with Crippen molar-refractivity contribution >= 4 is 24.4 Å². The van der Waals surface area contributed by atoms with Crippen molar-refractivity contribution in [1.29, 1.82) is 0 Å². The Labute approximate surface area is 121 Å². The maximum Gasteiger partial charge on any atom is 0.243 e. The number of hydrogen-bond donors (Lipinski definition) is 3. The molecule has 1 fully saturated rings. The molecule has 0 aromatic carbocycles. The molecule has 0 aliphatic heterocycles. The number of carbonyl (C=O) groups is 2. The minimum absolute atomic E-state index is 0.130. The average molecular weight is 286 g/mol. The zero-order valence-corrected chi connectivity index (χ0v) is 12.8. The lowest BCUT2D eigenvalue weighted by atomic mass is 9.81. The average Bonchev–Trinajstić information content (AvgIpc) is 2.38. The van der Waals surface area contributed by atoms with E-state index >= 15 is 0 Å². The summed E-state index contributed by atoms with van der Waals surface area (Å²) in [5, 5.41) is 5.49. The van der Waals surface area contributed by atoms with Crippen molar-refractivity contribution in [2.24, 2.45) is 11.8 Å². The van der Waals surface area contributed by atoms with Gasteiger partial charge in [0, 0.05) is 19.2 Å². The molecule has 0 aromatic heterocycles. The number of nitrogens with one attached hydrogen (secondary N) is 2. The van der Waals surface area contributed by atoms with Gasteiger partial charge in [-0.05, 0) is 18.3 Å². The molecule has 1 rings (SSSR count). The van der Waals surface area contributed by atoms with Crippen LogP contribution in [0.5, 0.6) is 0 Å². The summed E-state index contributed by atoms with van der Waals surface area (Å²) in [4.78, 5) is 22.8. The minimum atomic E-state index is -0.521. The second-order valence-corrected chi connectivity index (χ2v) is 6.01. The Kier molecular flexibility index (Phi) is 7.28. The molecule has 4 nitrogen and oxygen atoms in total. The third-order valence-electron chi connectivity index (χ3n) is 3.86. The highest BCUT2D eigenvalue weighted by atomic mass is 32.1. The van der Waals surface area contributed by atoms with Gasteiger partial charge in [0.15, 0.2) is 0 Å². The molecule has 0 saturated heterocycles. The van der Waals surface area contributed by atoms with Gasteiger partial charge in [-0.25, -0.2) is 0 Å². The minimum Gasteiger partial charge on any atom is -0.354 e. The fourth-order valence-corrected chi connectivity index (χ4v) is 2.84. The lowest BCUT2D eigenvalue weighted by Crippen LogP contribution is -2.47. The van der Waals surface area contributed by atoms with E-state index in [0.717, 1.165) is 18.3 Å².